The summed E-state index contributed by atoms with van der Waals surface area (Å²) in [5, 5.41) is 8.18. The molecule has 1 aromatic carbocycles. The van der Waals surface area contributed by atoms with Crippen molar-refractivity contribution in [3.05, 3.63) is 51.8 Å². The first-order valence-corrected chi connectivity index (χ1v) is 9.03. The third-order valence-electron chi connectivity index (χ3n) is 4.90. The van der Waals surface area contributed by atoms with Crippen molar-refractivity contribution < 1.29 is 4.79 Å². The van der Waals surface area contributed by atoms with Crippen molar-refractivity contribution in [1.82, 2.24) is 15.1 Å². The molecule has 0 radical (unpaired) electrons. The molecule has 0 aliphatic rings. The Bertz CT molecular complexity index is 754. The molecule has 0 saturated carbocycles. The quantitative estimate of drug-likeness (QED) is 0.742. The highest BCUT2D eigenvalue weighted by Gasteiger charge is 2.24. The molecule has 0 atom stereocenters. The molecule has 3 N–H and O–H groups in total. The summed E-state index contributed by atoms with van der Waals surface area (Å²) in [7, 11) is 0. The van der Waals surface area contributed by atoms with Crippen molar-refractivity contribution in [3.8, 4) is 0 Å². The lowest BCUT2D eigenvalue weighted by Crippen LogP contribution is -2.49. The highest BCUT2D eigenvalue weighted by Crippen LogP contribution is 2.20. The molecule has 0 bridgehead atoms. The van der Waals surface area contributed by atoms with Crippen molar-refractivity contribution in [2.75, 3.05) is 6.54 Å². The van der Waals surface area contributed by atoms with E-state index in [4.69, 9.17) is 17.3 Å². The van der Waals surface area contributed by atoms with Crippen molar-refractivity contribution in [1.29, 1.82) is 0 Å². The van der Waals surface area contributed by atoms with Gasteiger partial charge in [0, 0.05) is 22.8 Å². The van der Waals surface area contributed by atoms with E-state index in [1.165, 1.54) is 0 Å². The summed E-state index contributed by atoms with van der Waals surface area (Å²) in [4.78, 5) is 12.7. The van der Waals surface area contributed by atoms with E-state index in [1.54, 1.807) is 0 Å². The van der Waals surface area contributed by atoms with E-state index in [-0.39, 0.29) is 23.9 Å². The van der Waals surface area contributed by atoms with Gasteiger partial charge in [0.05, 0.1) is 17.8 Å². The zero-order valence-corrected chi connectivity index (χ0v) is 17.4. The Balaban J connectivity index is 0.00000338. The topological polar surface area (TPSA) is 72.9 Å². The van der Waals surface area contributed by atoms with Crippen molar-refractivity contribution in [2.45, 2.75) is 52.6 Å². The maximum Gasteiger partial charge on any atom is 0.255 e. The number of halogens is 2. The Kier molecular flexibility index (Phi) is 8.13. The highest BCUT2D eigenvalue weighted by molar-refractivity contribution is 6.31. The predicted octanol–water partition coefficient (Wildman–Crippen LogP) is 3.87. The predicted molar refractivity (Wildman–Crippen MR) is 109 cm³/mol. The number of nitrogens with zero attached hydrogens (tertiary/aromatic N) is 2. The molecular weight excluding hydrogens is 371 g/mol. The molecule has 7 heteroatoms. The number of hydrogen-bond acceptors (Lipinski definition) is 3. The van der Waals surface area contributed by atoms with Crippen molar-refractivity contribution >= 4 is 29.9 Å². The van der Waals surface area contributed by atoms with Gasteiger partial charge in [0.1, 0.15) is 0 Å². The van der Waals surface area contributed by atoms with E-state index in [9.17, 15) is 4.79 Å². The fourth-order valence-corrected chi connectivity index (χ4v) is 3.01. The third-order valence-corrected chi connectivity index (χ3v) is 5.26. The van der Waals surface area contributed by atoms with Crippen LogP contribution in [0.25, 0.3) is 0 Å². The average molecular weight is 399 g/mol. The molecule has 2 aromatic rings. The Hall–Kier alpha value is -1.56. The number of rotatable bonds is 7. The zero-order valence-electron chi connectivity index (χ0n) is 15.8. The molecular formula is C19H28Cl2N4O. The van der Waals surface area contributed by atoms with Gasteiger partial charge in [-0.2, -0.15) is 5.10 Å². The molecule has 1 amide bonds. The van der Waals surface area contributed by atoms with Crippen LogP contribution in [0, 0.1) is 13.8 Å². The van der Waals surface area contributed by atoms with Crippen LogP contribution in [0.2, 0.25) is 5.02 Å². The van der Waals surface area contributed by atoms with E-state index in [0.29, 0.717) is 29.4 Å². The smallest absolute Gasteiger partial charge is 0.255 e. The molecule has 1 heterocycles. The molecule has 1 aromatic heterocycles. The number of amides is 1. The monoisotopic (exact) mass is 398 g/mol. The van der Waals surface area contributed by atoms with E-state index < -0.39 is 0 Å². The average Bonchev–Trinajstić information content (AvgIpc) is 2.88. The molecule has 0 fully saturated rings. The van der Waals surface area contributed by atoms with Gasteiger partial charge < -0.3 is 11.1 Å². The van der Waals surface area contributed by atoms with Crippen LogP contribution in [0.4, 0.5) is 0 Å². The van der Waals surface area contributed by atoms with Gasteiger partial charge in [0.25, 0.3) is 5.91 Å². The maximum atomic E-state index is 12.7. The minimum Gasteiger partial charge on any atom is -0.350 e. The molecule has 0 aliphatic heterocycles. The number of nitrogens with one attached hydrogen (secondary N) is 1. The molecule has 144 valence electrons. The van der Waals surface area contributed by atoms with E-state index in [1.807, 2.05) is 56.6 Å². The van der Waals surface area contributed by atoms with Crippen molar-refractivity contribution in [3.63, 3.8) is 0 Å². The molecule has 2 rings (SSSR count). The van der Waals surface area contributed by atoms with Crippen LogP contribution in [0.15, 0.2) is 24.3 Å². The second-order valence-corrected chi connectivity index (χ2v) is 6.95. The number of nitrogens with two attached hydrogens (primary N) is 1. The SMILES string of the molecule is CCC(N)(CC)CNC(=O)c1c(C)nn(Cc2ccccc2Cl)c1C.Cl. The molecule has 0 saturated heterocycles. The highest BCUT2D eigenvalue weighted by atomic mass is 35.5. The minimum absolute atomic E-state index is 0. The Morgan fingerprint density at radius 3 is 2.46 bits per heavy atom. The summed E-state index contributed by atoms with van der Waals surface area (Å²) in [6.45, 7) is 8.81. The summed E-state index contributed by atoms with van der Waals surface area (Å²) >= 11 is 6.23. The van der Waals surface area contributed by atoms with Crippen LogP contribution in [0.1, 0.15) is 54.0 Å². The van der Waals surface area contributed by atoms with Crippen molar-refractivity contribution in [2.24, 2.45) is 5.73 Å². The normalized spacial score (nSPS) is 11.2. The van der Waals surface area contributed by atoms with Gasteiger partial charge in [-0.25, -0.2) is 0 Å². The number of carbonyl (C=O) groups is 1. The molecule has 0 unspecified atom stereocenters. The number of carbonyl (C=O) groups excluding carboxylic acids is 1. The maximum absolute atomic E-state index is 12.7. The summed E-state index contributed by atoms with van der Waals surface area (Å²) in [6, 6.07) is 7.65. The lowest BCUT2D eigenvalue weighted by molar-refractivity contribution is 0.0941. The van der Waals surface area contributed by atoms with E-state index in [2.05, 4.69) is 10.4 Å². The molecule has 0 aliphatic carbocycles. The largest absolute Gasteiger partial charge is 0.350 e. The molecule has 26 heavy (non-hydrogen) atoms. The van der Waals surface area contributed by atoms with Gasteiger partial charge in [-0.15, -0.1) is 12.4 Å². The zero-order chi connectivity index (χ0) is 18.6. The van der Waals surface area contributed by atoms with E-state index in [0.717, 1.165) is 24.1 Å². The fraction of sp³-hybridized carbons (Fsp3) is 0.474. The molecule has 0 spiro atoms. The van der Waals surface area contributed by atoms with Gasteiger partial charge >= 0.3 is 0 Å². The van der Waals surface area contributed by atoms with Crippen LogP contribution in [-0.2, 0) is 6.54 Å². The first kappa shape index (κ1) is 22.5. The third kappa shape index (κ3) is 5.00. The van der Waals surface area contributed by atoms with Gasteiger partial charge in [0.2, 0.25) is 0 Å². The van der Waals surface area contributed by atoms with Crippen LogP contribution in [0.5, 0.6) is 0 Å². The van der Waals surface area contributed by atoms with Crippen LogP contribution < -0.4 is 11.1 Å². The standard InChI is InChI=1S/C19H27ClN4O.ClH/c1-5-19(21,6-2)12-22-18(25)17-13(3)23-24(14(17)4)11-15-9-7-8-10-16(15)20;/h7-10H,5-6,11-12,21H2,1-4H3,(H,22,25);1H. The first-order valence-electron chi connectivity index (χ1n) is 8.65. The second-order valence-electron chi connectivity index (χ2n) is 6.55. The Labute approximate surface area is 166 Å². The number of benzene rings is 1. The Morgan fingerprint density at radius 2 is 1.88 bits per heavy atom. The minimum atomic E-state index is -0.370. The summed E-state index contributed by atoms with van der Waals surface area (Å²) < 4.78 is 1.82. The van der Waals surface area contributed by atoms with Gasteiger partial charge in [-0.1, -0.05) is 43.6 Å². The lowest BCUT2D eigenvalue weighted by atomic mass is 9.94. The Morgan fingerprint density at radius 1 is 1.27 bits per heavy atom. The number of aryl methyl sites for hydroxylation is 1. The fourth-order valence-electron chi connectivity index (χ4n) is 2.81. The van der Waals surface area contributed by atoms with Crippen LogP contribution in [0.3, 0.4) is 0 Å². The second kappa shape index (κ2) is 9.40. The number of aromatic nitrogens is 2. The van der Waals surface area contributed by atoms with Gasteiger partial charge in [-0.3, -0.25) is 9.48 Å². The first-order chi connectivity index (χ1) is 11.8. The lowest BCUT2D eigenvalue weighted by Gasteiger charge is -2.26. The summed E-state index contributed by atoms with van der Waals surface area (Å²) in [5.74, 6) is -0.128. The van der Waals surface area contributed by atoms with Crippen LogP contribution >= 0.6 is 24.0 Å². The van der Waals surface area contributed by atoms with Gasteiger partial charge in [0.15, 0.2) is 0 Å². The summed E-state index contributed by atoms with van der Waals surface area (Å²) in [6.07, 6.45) is 1.63. The van der Waals surface area contributed by atoms with Crippen LogP contribution in [-0.4, -0.2) is 27.8 Å². The van der Waals surface area contributed by atoms with E-state index >= 15 is 0 Å². The summed E-state index contributed by atoms with van der Waals surface area (Å²) in [5.41, 5.74) is 9.02. The van der Waals surface area contributed by atoms with Gasteiger partial charge in [-0.05, 0) is 38.3 Å². The number of hydrogen-bond donors (Lipinski definition) is 2. The molecule has 5 nitrogen and oxygen atoms in total.